The first-order chi connectivity index (χ1) is 19.9. The number of phenols is 1. The van der Waals surface area contributed by atoms with Crippen LogP contribution in [0.2, 0.25) is 0 Å². The van der Waals surface area contributed by atoms with Crippen LogP contribution in [0.15, 0.2) is 72.8 Å². The number of methoxy groups -OCH3 is 3. The maximum absolute atomic E-state index is 15.0. The van der Waals surface area contributed by atoms with Crippen molar-refractivity contribution in [2.75, 3.05) is 27.9 Å². The number of nitrogens with zero attached hydrogens (tertiary/aromatic N) is 1. The van der Waals surface area contributed by atoms with Crippen LogP contribution in [0.3, 0.4) is 0 Å². The first kappa shape index (κ1) is 25.6. The molecule has 4 aromatic rings. The lowest BCUT2D eigenvalue weighted by atomic mass is 9.68. The molecule has 3 aliphatic rings. The lowest BCUT2D eigenvalue weighted by Gasteiger charge is -2.38. The molecule has 0 bridgehead atoms. The van der Waals surface area contributed by atoms with Crippen molar-refractivity contribution in [3.8, 4) is 23.0 Å². The van der Waals surface area contributed by atoms with Crippen LogP contribution in [0.5, 0.6) is 23.0 Å². The Morgan fingerprint density at radius 1 is 0.927 bits per heavy atom. The zero-order valence-electron chi connectivity index (χ0n) is 23.2. The highest BCUT2D eigenvalue weighted by Crippen LogP contribution is 2.62. The number of ketones is 2. The van der Waals surface area contributed by atoms with Crippen LogP contribution in [-0.2, 0) is 5.54 Å². The Kier molecular flexibility index (Phi) is 5.84. The van der Waals surface area contributed by atoms with Crippen molar-refractivity contribution in [2.24, 2.45) is 5.92 Å². The van der Waals surface area contributed by atoms with Gasteiger partial charge in [0.1, 0.15) is 17.0 Å². The second kappa shape index (κ2) is 9.35. The zero-order chi connectivity index (χ0) is 28.5. The Labute approximate surface area is 238 Å². The molecule has 1 N–H and O–H groups in total. The summed E-state index contributed by atoms with van der Waals surface area (Å²) in [4.78, 5) is 32.2. The summed E-state index contributed by atoms with van der Waals surface area (Å²) in [5.41, 5.74) is 1.67. The molecule has 1 aliphatic carbocycles. The maximum Gasteiger partial charge on any atom is 0.189 e. The fourth-order valence-corrected chi connectivity index (χ4v) is 7.83. The van der Waals surface area contributed by atoms with Gasteiger partial charge in [0.2, 0.25) is 0 Å². The Morgan fingerprint density at radius 3 is 2.37 bits per heavy atom. The van der Waals surface area contributed by atoms with E-state index in [1.807, 2.05) is 48.5 Å². The third-order valence-electron chi connectivity index (χ3n) is 9.39. The summed E-state index contributed by atoms with van der Waals surface area (Å²) in [6.45, 7) is 0.706. The van der Waals surface area contributed by atoms with Gasteiger partial charge in [-0.2, -0.15) is 0 Å². The van der Waals surface area contributed by atoms with Gasteiger partial charge < -0.3 is 19.3 Å². The van der Waals surface area contributed by atoms with Gasteiger partial charge >= 0.3 is 0 Å². The second-order valence-corrected chi connectivity index (χ2v) is 11.1. The highest BCUT2D eigenvalue weighted by atomic mass is 16.5. The molecule has 0 saturated carbocycles. The molecule has 4 aromatic carbocycles. The van der Waals surface area contributed by atoms with Crippen LogP contribution >= 0.6 is 0 Å². The zero-order valence-corrected chi connectivity index (χ0v) is 23.2. The number of fused-ring (bicyclic) bond motifs is 3. The number of aromatic hydroxyl groups is 1. The SMILES string of the molecule is COc1cc(OC)cc(C(=O)C2C(c3ccc(O)c(OC)c3)C3CCCN3C23C(=O)c2cccc4cccc3c24)c1. The van der Waals surface area contributed by atoms with E-state index >= 15 is 4.79 Å². The second-order valence-electron chi connectivity index (χ2n) is 11.1. The van der Waals surface area contributed by atoms with Gasteiger partial charge in [-0.05, 0) is 65.6 Å². The number of hydrogen-bond donors (Lipinski definition) is 1. The van der Waals surface area contributed by atoms with Gasteiger partial charge in [0.05, 0.1) is 27.2 Å². The summed E-state index contributed by atoms with van der Waals surface area (Å²) in [5.74, 6) is 0.128. The molecule has 7 rings (SSSR count). The van der Waals surface area contributed by atoms with Gasteiger partial charge in [-0.1, -0.05) is 42.5 Å². The maximum atomic E-state index is 15.0. The third-order valence-corrected chi connectivity index (χ3v) is 9.39. The summed E-state index contributed by atoms with van der Waals surface area (Å²) < 4.78 is 16.5. The Hall–Kier alpha value is -4.36. The Morgan fingerprint density at radius 2 is 1.66 bits per heavy atom. The molecule has 7 heteroatoms. The predicted octanol–water partition coefficient (Wildman–Crippen LogP) is 5.72. The average Bonchev–Trinajstić information content (AvgIpc) is 3.66. The van der Waals surface area contributed by atoms with E-state index in [9.17, 15) is 9.90 Å². The minimum atomic E-state index is -1.17. The van der Waals surface area contributed by atoms with Crippen LogP contribution in [0.1, 0.15) is 50.6 Å². The number of benzene rings is 4. The monoisotopic (exact) mass is 549 g/mol. The molecule has 0 amide bonds. The van der Waals surface area contributed by atoms with Gasteiger partial charge in [-0.25, -0.2) is 0 Å². The number of hydrogen-bond acceptors (Lipinski definition) is 7. The minimum absolute atomic E-state index is 0.0294. The van der Waals surface area contributed by atoms with E-state index < -0.39 is 11.5 Å². The number of ether oxygens (including phenoxy) is 3. The first-order valence-corrected chi connectivity index (χ1v) is 13.9. The summed E-state index contributed by atoms with van der Waals surface area (Å²) in [7, 11) is 4.62. The summed E-state index contributed by atoms with van der Waals surface area (Å²) >= 11 is 0. The highest BCUT2D eigenvalue weighted by Gasteiger charge is 2.69. The van der Waals surface area contributed by atoms with Crippen molar-refractivity contribution >= 4 is 22.3 Å². The van der Waals surface area contributed by atoms with E-state index in [0.717, 1.165) is 34.7 Å². The summed E-state index contributed by atoms with van der Waals surface area (Å²) in [6.07, 6.45) is 1.77. The molecule has 4 atom stereocenters. The smallest absolute Gasteiger partial charge is 0.189 e. The Balaban J connectivity index is 1.52. The fraction of sp³-hybridized carbons (Fsp3) is 0.294. The number of Topliss-reactive ketones (excluding diaryl/α,β-unsaturated/α-hetero) is 2. The normalized spacial score (nSPS) is 24.7. The topological polar surface area (TPSA) is 85.3 Å². The number of carbonyl (C=O) groups excluding carboxylic acids is 2. The molecule has 41 heavy (non-hydrogen) atoms. The number of rotatable bonds is 6. The van der Waals surface area contributed by atoms with Crippen molar-refractivity contribution in [1.29, 1.82) is 0 Å². The molecule has 2 aliphatic heterocycles. The molecule has 208 valence electrons. The van der Waals surface area contributed by atoms with Crippen molar-refractivity contribution in [3.63, 3.8) is 0 Å². The first-order valence-electron chi connectivity index (χ1n) is 13.9. The van der Waals surface area contributed by atoms with E-state index in [-0.39, 0.29) is 29.3 Å². The van der Waals surface area contributed by atoms with Crippen LogP contribution in [0.25, 0.3) is 10.8 Å². The molecular weight excluding hydrogens is 518 g/mol. The van der Waals surface area contributed by atoms with Gasteiger partial charge in [-0.3, -0.25) is 14.5 Å². The molecule has 1 spiro atoms. The highest BCUT2D eigenvalue weighted by molar-refractivity contribution is 6.22. The van der Waals surface area contributed by atoms with Gasteiger partial charge in [0.15, 0.2) is 23.1 Å². The number of phenolic OH excluding ortho intramolecular Hbond substituents is 1. The van der Waals surface area contributed by atoms with E-state index in [1.54, 1.807) is 38.5 Å². The molecule has 2 fully saturated rings. The van der Waals surface area contributed by atoms with Crippen molar-refractivity contribution in [1.82, 2.24) is 4.90 Å². The predicted molar refractivity (Wildman–Crippen MR) is 154 cm³/mol. The van der Waals surface area contributed by atoms with Crippen LogP contribution in [0, 0.1) is 5.92 Å². The van der Waals surface area contributed by atoms with Gasteiger partial charge in [0, 0.05) is 29.2 Å². The summed E-state index contributed by atoms with van der Waals surface area (Å²) in [5, 5.41) is 12.3. The van der Waals surface area contributed by atoms with Crippen molar-refractivity contribution in [2.45, 2.75) is 30.3 Å². The van der Waals surface area contributed by atoms with Crippen LogP contribution in [-0.4, -0.2) is 55.5 Å². The van der Waals surface area contributed by atoms with Crippen LogP contribution in [0.4, 0.5) is 0 Å². The van der Waals surface area contributed by atoms with E-state index in [0.29, 0.717) is 34.9 Å². The van der Waals surface area contributed by atoms with Gasteiger partial charge in [-0.15, -0.1) is 0 Å². The quantitative estimate of drug-likeness (QED) is 0.308. The molecular formula is C34H31NO6. The number of carbonyl (C=O) groups is 2. The lowest BCUT2D eigenvalue weighted by molar-refractivity contribution is 0.0519. The standard InChI is InChI=1S/C34H31NO6/c1-39-22-15-21(16-23(18-22)40-2)32(37)31-30(20-12-13-27(36)28(17-20)41-3)26-11-6-14-35(26)34(31)25-10-5-8-19-7-4-9-24(29(19)25)33(34)38/h4-5,7-10,12-13,15-18,26,30-31,36H,6,11,14H2,1-3H3. The molecule has 7 nitrogen and oxygen atoms in total. The van der Waals surface area contributed by atoms with Crippen molar-refractivity contribution < 1.29 is 28.9 Å². The fourth-order valence-electron chi connectivity index (χ4n) is 7.83. The van der Waals surface area contributed by atoms with E-state index in [1.165, 1.54) is 7.11 Å². The molecule has 2 heterocycles. The minimum Gasteiger partial charge on any atom is -0.504 e. The van der Waals surface area contributed by atoms with Gasteiger partial charge in [0.25, 0.3) is 0 Å². The van der Waals surface area contributed by atoms with E-state index in [2.05, 4.69) is 4.90 Å². The van der Waals surface area contributed by atoms with Crippen molar-refractivity contribution in [3.05, 3.63) is 95.1 Å². The molecule has 4 unspecified atom stereocenters. The average molecular weight is 550 g/mol. The lowest BCUT2D eigenvalue weighted by Crippen LogP contribution is -2.51. The largest absolute Gasteiger partial charge is 0.504 e. The summed E-state index contributed by atoms with van der Waals surface area (Å²) in [6, 6.07) is 22.3. The Bertz CT molecular complexity index is 1700. The van der Waals surface area contributed by atoms with Crippen LogP contribution < -0.4 is 14.2 Å². The molecule has 0 radical (unpaired) electrons. The molecule has 0 aromatic heterocycles. The third kappa shape index (κ3) is 3.42. The molecule has 2 saturated heterocycles. The van der Waals surface area contributed by atoms with E-state index in [4.69, 9.17) is 14.2 Å².